The quantitative estimate of drug-likeness (QED) is 0.370. The normalized spacial score (nSPS) is 18.2. The Bertz CT molecular complexity index is 179. The summed E-state index contributed by atoms with van der Waals surface area (Å²) in [5, 5.41) is 4.40. The summed E-state index contributed by atoms with van der Waals surface area (Å²) in [6.07, 6.45) is 7.33. The van der Waals surface area contributed by atoms with Crippen LogP contribution in [0.3, 0.4) is 0 Å². The van der Waals surface area contributed by atoms with Gasteiger partial charge >= 0.3 is 0 Å². The summed E-state index contributed by atoms with van der Waals surface area (Å²) in [5.74, 6) is 0. The van der Waals surface area contributed by atoms with Crippen LogP contribution >= 0.6 is 12.2 Å². The van der Waals surface area contributed by atoms with Crippen LogP contribution in [0.5, 0.6) is 0 Å². The van der Waals surface area contributed by atoms with Crippen molar-refractivity contribution in [1.29, 1.82) is 0 Å². The van der Waals surface area contributed by atoms with Crippen LogP contribution in [-0.4, -0.2) is 10.8 Å². The van der Waals surface area contributed by atoms with Gasteiger partial charge in [0.15, 0.2) is 5.11 Å². The molecule has 0 aromatic heterocycles. The Morgan fingerprint density at radius 3 is 2.33 bits per heavy atom. The fraction of sp³-hybridized carbons (Fsp3) is 0.750. The predicted octanol–water partition coefficient (Wildman–Crippen LogP) is 1.53. The molecule has 0 spiro atoms. The molecule has 1 aliphatic rings. The number of hydrogen-bond acceptors (Lipinski definition) is 2. The van der Waals surface area contributed by atoms with Gasteiger partial charge in [-0.25, -0.2) is 0 Å². The molecule has 1 saturated carbocycles. The van der Waals surface area contributed by atoms with Gasteiger partial charge in [-0.1, -0.05) is 12.8 Å². The molecule has 0 amide bonds. The summed E-state index contributed by atoms with van der Waals surface area (Å²) in [7, 11) is 0. The van der Waals surface area contributed by atoms with E-state index in [0.29, 0.717) is 0 Å². The van der Waals surface area contributed by atoms with E-state index >= 15 is 0 Å². The van der Waals surface area contributed by atoms with Crippen molar-refractivity contribution in [3.05, 3.63) is 0 Å². The fourth-order valence-corrected chi connectivity index (χ4v) is 1.43. The first-order valence-electron chi connectivity index (χ1n) is 4.40. The molecule has 1 rings (SSSR count). The lowest BCUT2D eigenvalue weighted by Gasteiger charge is -2.01. The molecular weight excluding hydrogens is 170 g/mol. The minimum atomic E-state index is 0.256. The van der Waals surface area contributed by atoms with Gasteiger partial charge in [-0.2, -0.15) is 5.10 Å². The molecule has 0 heterocycles. The van der Waals surface area contributed by atoms with Gasteiger partial charge in [0, 0.05) is 5.71 Å². The summed E-state index contributed by atoms with van der Waals surface area (Å²) in [5.41, 5.74) is 9.11. The summed E-state index contributed by atoms with van der Waals surface area (Å²) < 4.78 is 0. The first-order chi connectivity index (χ1) is 5.79. The number of hydrogen-bond donors (Lipinski definition) is 2. The summed E-state index contributed by atoms with van der Waals surface area (Å²) in [6.45, 7) is 0. The van der Waals surface area contributed by atoms with E-state index in [1.165, 1.54) is 31.4 Å². The van der Waals surface area contributed by atoms with Crippen molar-refractivity contribution in [2.75, 3.05) is 0 Å². The SMILES string of the molecule is NC(=S)NN=C1CCCCCC1. The van der Waals surface area contributed by atoms with Gasteiger partial charge < -0.3 is 5.73 Å². The fourth-order valence-electron chi connectivity index (χ4n) is 1.38. The van der Waals surface area contributed by atoms with Gasteiger partial charge in [-0.05, 0) is 37.9 Å². The second-order valence-electron chi connectivity index (χ2n) is 3.07. The van der Waals surface area contributed by atoms with Crippen LogP contribution in [0.15, 0.2) is 5.10 Å². The second kappa shape index (κ2) is 5.09. The van der Waals surface area contributed by atoms with E-state index in [0.717, 1.165) is 12.8 Å². The van der Waals surface area contributed by atoms with E-state index in [1.54, 1.807) is 0 Å². The maximum absolute atomic E-state index is 5.26. The predicted molar refractivity (Wildman–Crippen MR) is 55.1 cm³/mol. The maximum Gasteiger partial charge on any atom is 0.184 e. The molecule has 12 heavy (non-hydrogen) atoms. The van der Waals surface area contributed by atoms with Crippen LogP contribution in [0, 0.1) is 0 Å². The first-order valence-corrected chi connectivity index (χ1v) is 4.81. The van der Waals surface area contributed by atoms with E-state index in [-0.39, 0.29) is 5.11 Å². The molecule has 1 aliphatic carbocycles. The van der Waals surface area contributed by atoms with E-state index in [4.69, 9.17) is 5.73 Å². The summed E-state index contributed by atoms with van der Waals surface area (Å²) >= 11 is 4.66. The number of hydrazone groups is 1. The highest BCUT2D eigenvalue weighted by Crippen LogP contribution is 2.14. The third-order valence-electron chi connectivity index (χ3n) is 2.00. The molecule has 0 aromatic rings. The van der Waals surface area contributed by atoms with Crippen LogP contribution in [-0.2, 0) is 0 Å². The monoisotopic (exact) mass is 185 g/mol. The Morgan fingerprint density at radius 2 is 1.83 bits per heavy atom. The van der Waals surface area contributed by atoms with Gasteiger partial charge in [-0.15, -0.1) is 0 Å². The first kappa shape index (κ1) is 9.45. The molecule has 68 valence electrons. The Balaban J connectivity index is 2.37. The summed E-state index contributed by atoms with van der Waals surface area (Å²) in [6, 6.07) is 0. The highest BCUT2D eigenvalue weighted by molar-refractivity contribution is 7.80. The van der Waals surface area contributed by atoms with Gasteiger partial charge in [0.2, 0.25) is 0 Å². The van der Waals surface area contributed by atoms with Crippen LogP contribution < -0.4 is 11.2 Å². The molecule has 0 bridgehead atoms. The Morgan fingerprint density at radius 1 is 1.25 bits per heavy atom. The second-order valence-corrected chi connectivity index (χ2v) is 3.51. The third kappa shape index (κ3) is 3.67. The van der Waals surface area contributed by atoms with Crippen LogP contribution in [0.2, 0.25) is 0 Å². The number of nitrogens with zero attached hydrogens (tertiary/aromatic N) is 1. The van der Waals surface area contributed by atoms with Crippen LogP contribution in [0.25, 0.3) is 0 Å². The van der Waals surface area contributed by atoms with Crippen molar-refractivity contribution >= 4 is 23.0 Å². The van der Waals surface area contributed by atoms with Gasteiger partial charge in [0.05, 0.1) is 0 Å². The molecule has 4 heteroatoms. The highest BCUT2D eigenvalue weighted by Gasteiger charge is 2.04. The van der Waals surface area contributed by atoms with Crippen molar-refractivity contribution in [2.45, 2.75) is 38.5 Å². The van der Waals surface area contributed by atoms with E-state index in [9.17, 15) is 0 Å². The molecule has 0 radical (unpaired) electrons. The molecular formula is C8H15N3S. The molecule has 1 fully saturated rings. The molecule has 0 aliphatic heterocycles. The van der Waals surface area contributed by atoms with E-state index < -0.39 is 0 Å². The van der Waals surface area contributed by atoms with Crippen molar-refractivity contribution in [1.82, 2.24) is 5.43 Å². The van der Waals surface area contributed by atoms with Gasteiger partial charge in [-0.3, -0.25) is 5.43 Å². The average Bonchev–Trinajstić information content (AvgIpc) is 2.28. The standard InChI is InChI=1S/C8H15N3S/c9-8(12)11-10-7-5-3-1-2-4-6-7/h1-6H2,(H3,9,11,12). The molecule has 0 aromatic carbocycles. The van der Waals surface area contributed by atoms with Crippen molar-refractivity contribution in [3.8, 4) is 0 Å². The lowest BCUT2D eigenvalue weighted by atomic mass is 10.2. The zero-order valence-electron chi connectivity index (χ0n) is 7.18. The van der Waals surface area contributed by atoms with E-state index in [2.05, 4.69) is 22.7 Å². The smallest absolute Gasteiger partial charge is 0.184 e. The zero-order valence-corrected chi connectivity index (χ0v) is 7.99. The average molecular weight is 185 g/mol. The Hall–Kier alpha value is -0.640. The minimum absolute atomic E-state index is 0.256. The highest BCUT2D eigenvalue weighted by atomic mass is 32.1. The molecule has 3 N–H and O–H groups in total. The molecule has 3 nitrogen and oxygen atoms in total. The van der Waals surface area contributed by atoms with Crippen molar-refractivity contribution in [2.24, 2.45) is 10.8 Å². The maximum atomic E-state index is 5.26. The zero-order chi connectivity index (χ0) is 8.81. The van der Waals surface area contributed by atoms with Gasteiger partial charge in [0.1, 0.15) is 0 Å². The van der Waals surface area contributed by atoms with Crippen LogP contribution in [0.4, 0.5) is 0 Å². The number of nitrogens with two attached hydrogens (primary N) is 1. The Kier molecular flexibility index (Phi) is 4.00. The van der Waals surface area contributed by atoms with Crippen molar-refractivity contribution < 1.29 is 0 Å². The topological polar surface area (TPSA) is 50.4 Å². The third-order valence-corrected chi connectivity index (χ3v) is 2.10. The molecule has 0 unspecified atom stereocenters. The lowest BCUT2D eigenvalue weighted by Crippen LogP contribution is -2.25. The molecule has 0 atom stereocenters. The van der Waals surface area contributed by atoms with E-state index in [1.807, 2.05) is 0 Å². The number of nitrogens with one attached hydrogen (secondary N) is 1. The largest absolute Gasteiger partial charge is 0.375 e. The Labute approximate surface area is 78.4 Å². The minimum Gasteiger partial charge on any atom is -0.375 e. The number of thiocarbonyl (C=S) groups is 1. The summed E-state index contributed by atoms with van der Waals surface area (Å²) in [4.78, 5) is 0. The van der Waals surface area contributed by atoms with Crippen LogP contribution in [0.1, 0.15) is 38.5 Å². The molecule has 0 saturated heterocycles. The lowest BCUT2D eigenvalue weighted by molar-refractivity contribution is 0.702. The van der Waals surface area contributed by atoms with Gasteiger partial charge in [0.25, 0.3) is 0 Å². The number of rotatable bonds is 1. The van der Waals surface area contributed by atoms with Crippen molar-refractivity contribution in [3.63, 3.8) is 0 Å².